The molecule has 14 nitrogen and oxygen atoms in total. The number of rotatable bonds is 8. The van der Waals surface area contributed by atoms with Crippen molar-refractivity contribution in [3.8, 4) is 0 Å². The largest absolute Gasteiger partial charge is 4.00 e. The van der Waals surface area contributed by atoms with E-state index in [0.29, 0.717) is 0 Å². The van der Waals surface area contributed by atoms with Crippen LogP contribution in [0.3, 0.4) is 0 Å². The normalized spacial score (nSPS) is 13.2. The molecular formula is C8H8O14S2Sn. The molecule has 17 heteroatoms. The standard InChI is InChI=1S/2C4H6O7S.Sn/c2*5-3(6)1-2(4(7)8)12(9,10)11;/h2*2H,1H2,(H,5,6)(H,7,8)(H,9,10,11);/q;;+4/p-4. The first-order valence-corrected chi connectivity index (χ1v) is 8.24. The van der Waals surface area contributed by atoms with E-state index in [1.54, 1.807) is 0 Å². The summed E-state index contributed by atoms with van der Waals surface area (Å²) in [6.07, 6.45) is -2.66. The van der Waals surface area contributed by atoms with E-state index in [2.05, 4.69) is 0 Å². The summed E-state index contributed by atoms with van der Waals surface area (Å²) in [4.78, 5) is 39.4. The molecule has 0 rings (SSSR count). The van der Waals surface area contributed by atoms with Crippen LogP contribution in [-0.4, -0.2) is 84.2 Å². The minimum Gasteiger partial charge on any atom is -0.550 e. The quantitative estimate of drug-likeness (QED) is 0.226. The van der Waals surface area contributed by atoms with Crippen LogP contribution in [0.25, 0.3) is 0 Å². The van der Waals surface area contributed by atoms with Gasteiger partial charge in [-0.25, -0.2) is 0 Å². The predicted molar refractivity (Wildman–Crippen MR) is 65.7 cm³/mol. The Bertz CT molecular complexity index is 645. The van der Waals surface area contributed by atoms with Gasteiger partial charge >= 0.3 is 23.9 Å². The van der Waals surface area contributed by atoms with Crippen molar-refractivity contribution in [2.75, 3.05) is 0 Å². The first-order valence-electron chi connectivity index (χ1n) is 5.24. The van der Waals surface area contributed by atoms with Gasteiger partial charge < -0.3 is 39.6 Å². The van der Waals surface area contributed by atoms with E-state index >= 15 is 0 Å². The van der Waals surface area contributed by atoms with Crippen molar-refractivity contribution in [1.29, 1.82) is 0 Å². The SMILES string of the molecule is O=C([O-])CC(C(=O)[O-])S(=O)(=O)O.O=C([O-])CC(C(=O)[O-])S(=O)(=O)O.[Sn+4]. The zero-order chi connectivity index (χ0) is 19.9. The summed E-state index contributed by atoms with van der Waals surface area (Å²) in [6, 6.07) is 0. The Morgan fingerprint density at radius 3 is 0.920 bits per heavy atom. The van der Waals surface area contributed by atoms with Crippen molar-refractivity contribution < 1.29 is 65.5 Å². The molecule has 2 atom stereocenters. The summed E-state index contributed by atoms with van der Waals surface area (Å²) in [6.45, 7) is 0. The van der Waals surface area contributed by atoms with Gasteiger partial charge in [-0.1, -0.05) is 0 Å². The molecule has 0 amide bonds. The average molecular weight is 511 g/mol. The number of carboxylic acids is 4. The van der Waals surface area contributed by atoms with Gasteiger partial charge in [-0.15, -0.1) is 0 Å². The fourth-order valence-electron chi connectivity index (χ4n) is 0.923. The molecule has 140 valence electrons. The molecule has 2 unspecified atom stereocenters. The Hall–Kier alpha value is -1.50. The summed E-state index contributed by atoms with van der Waals surface area (Å²) in [7, 11) is -9.88. The predicted octanol–water partition coefficient (Wildman–Crippen LogP) is -8.12. The van der Waals surface area contributed by atoms with Crippen LogP contribution >= 0.6 is 0 Å². The van der Waals surface area contributed by atoms with E-state index in [1.165, 1.54) is 0 Å². The number of hydrogen-bond acceptors (Lipinski definition) is 12. The van der Waals surface area contributed by atoms with Gasteiger partial charge in [-0.3, -0.25) is 9.11 Å². The summed E-state index contributed by atoms with van der Waals surface area (Å²) < 4.78 is 56.9. The second-order valence-electron chi connectivity index (χ2n) is 3.80. The first kappa shape index (κ1) is 28.3. The van der Waals surface area contributed by atoms with Gasteiger partial charge in [0.25, 0.3) is 20.2 Å². The van der Waals surface area contributed by atoms with Gasteiger partial charge in [0, 0.05) is 24.8 Å². The fraction of sp³-hybridized carbons (Fsp3) is 0.500. The Balaban J connectivity index is -0.000000372. The average Bonchev–Trinajstić information content (AvgIpc) is 2.30. The van der Waals surface area contributed by atoms with Crippen molar-refractivity contribution in [3.05, 3.63) is 0 Å². The maximum Gasteiger partial charge on any atom is 4.00 e. The minimum absolute atomic E-state index is 0. The van der Waals surface area contributed by atoms with Crippen LogP contribution in [0.2, 0.25) is 0 Å². The molecule has 0 aromatic carbocycles. The third kappa shape index (κ3) is 13.5. The zero-order valence-corrected chi connectivity index (χ0v) is 16.2. The molecule has 0 aliphatic heterocycles. The van der Waals surface area contributed by atoms with Crippen LogP contribution in [0.5, 0.6) is 0 Å². The molecule has 0 bridgehead atoms. The number of carbonyl (C=O) groups excluding carboxylic acids is 4. The fourth-order valence-corrected chi connectivity index (χ4v) is 2.10. The smallest absolute Gasteiger partial charge is 0.550 e. The molecule has 0 saturated carbocycles. The van der Waals surface area contributed by atoms with Gasteiger partial charge in [-0.05, 0) is 0 Å². The van der Waals surface area contributed by atoms with Crippen molar-refractivity contribution in [1.82, 2.24) is 0 Å². The third-order valence-corrected chi connectivity index (χ3v) is 4.11. The van der Waals surface area contributed by atoms with Crippen LogP contribution in [0.15, 0.2) is 0 Å². The van der Waals surface area contributed by atoms with E-state index in [1.807, 2.05) is 0 Å². The number of hydrogen-bond donors (Lipinski definition) is 2. The second kappa shape index (κ2) is 11.2. The Kier molecular flexibility index (Phi) is 12.7. The Labute approximate surface area is 156 Å². The monoisotopic (exact) mass is 512 g/mol. The van der Waals surface area contributed by atoms with Crippen molar-refractivity contribution >= 4 is 68.0 Å². The number of aliphatic carboxylic acids is 4. The van der Waals surface area contributed by atoms with Gasteiger partial charge in [-0.2, -0.15) is 16.8 Å². The topological polar surface area (TPSA) is 269 Å². The molecule has 0 radical (unpaired) electrons. The molecule has 0 fully saturated rings. The number of carboxylic acid groups (broad SMARTS) is 4. The maximum atomic E-state index is 10.2. The van der Waals surface area contributed by atoms with Gasteiger partial charge in [0.1, 0.15) is 10.5 Å². The van der Waals surface area contributed by atoms with E-state index in [-0.39, 0.29) is 23.9 Å². The maximum absolute atomic E-state index is 10.2. The molecular weight excluding hydrogens is 503 g/mol. The molecule has 0 aliphatic rings. The third-order valence-electron chi connectivity index (χ3n) is 1.95. The summed E-state index contributed by atoms with van der Waals surface area (Å²) in [5, 5.41) is 34.5. The second-order valence-corrected chi connectivity index (χ2v) is 7.00. The van der Waals surface area contributed by atoms with Gasteiger partial charge in [0.05, 0.1) is 11.9 Å². The van der Waals surface area contributed by atoms with E-state index in [9.17, 15) is 56.4 Å². The van der Waals surface area contributed by atoms with Crippen LogP contribution in [0.4, 0.5) is 0 Å². The van der Waals surface area contributed by atoms with Crippen molar-refractivity contribution in [2.45, 2.75) is 23.3 Å². The van der Waals surface area contributed by atoms with Crippen LogP contribution in [0, 0.1) is 0 Å². The molecule has 0 saturated heterocycles. The Morgan fingerprint density at radius 1 is 0.680 bits per heavy atom. The van der Waals surface area contributed by atoms with Gasteiger partial charge in [0.15, 0.2) is 0 Å². The van der Waals surface area contributed by atoms with E-state index < -0.39 is 67.5 Å². The summed E-state index contributed by atoms with van der Waals surface area (Å²) in [5.41, 5.74) is 0. The number of carbonyl (C=O) groups is 4. The minimum atomic E-state index is -4.94. The van der Waals surface area contributed by atoms with Crippen LogP contribution in [0.1, 0.15) is 12.8 Å². The molecule has 0 heterocycles. The molecule has 25 heavy (non-hydrogen) atoms. The Morgan fingerprint density at radius 2 is 0.880 bits per heavy atom. The molecule has 0 aliphatic carbocycles. The zero-order valence-electron chi connectivity index (χ0n) is 11.7. The van der Waals surface area contributed by atoms with Crippen molar-refractivity contribution in [2.24, 2.45) is 0 Å². The van der Waals surface area contributed by atoms with Gasteiger partial charge in [0.2, 0.25) is 0 Å². The molecule has 0 spiro atoms. The summed E-state index contributed by atoms with van der Waals surface area (Å²) in [5.74, 6) is -8.16. The van der Waals surface area contributed by atoms with Crippen molar-refractivity contribution in [3.63, 3.8) is 0 Å². The first-order chi connectivity index (χ1) is 10.5. The van der Waals surface area contributed by atoms with E-state index in [0.717, 1.165) is 0 Å². The molecule has 0 aromatic rings. The van der Waals surface area contributed by atoms with Crippen LogP contribution < -0.4 is 20.4 Å². The molecule has 2 N–H and O–H groups in total. The van der Waals surface area contributed by atoms with Crippen LogP contribution in [-0.2, 0) is 39.4 Å². The summed E-state index contributed by atoms with van der Waals surface area (Å²) >= 11 is 0. The molecule has 0 aromatic heterocycles. The van der Waals surface area contributed by atoms with E-state index in [4.69, 9.17) is 9.11 Å².